The molecular formula is C13H20O2. The summed E-state index contributed by atoms with van der Waals surface area (Å²) in [4.78, 5) is 12.0. The predicted molar refractivity (Wildman–Crippen MR) is 57.6 cm³/mol. The van der Waals surface area contributed by atoms with Crippen molar-refractivity contribution in [1.82, 2.24) is 0 Å². The summed E-state index contributed by atoms with van der Waals surface area (Å²) in [7, 11) is 0. The summed E-state index contributed by atoms with van der Waals surface area (Å²) in [6.07, 6.45) is 8.49. The molecule has 0 aromatic rings. The Morgan fingerprint density at radius 3 is 2.33 bits per heavy atom. The van der Waals surface area contributed by atoms with Gasteiger partial charge in [0.1, 0.15) is 0 Å². The third-order valence-corrected chi connectivity index (χ3v) is 5.12. The second kappa shape index (κ2) is 3.07. The number of epoxide rings is 1. The van der Waals surface area contributed by atoms with Crippen LogP contribution in [0, 0.1) is 11.3 Å². The molecule has 1 heterocycles. The fourth-order valence-corrected chi connectivity index (χ4v) is 4.09. The molecule has 3 aliphatic rings. The molecule has 0 N–H and O–H groups in total. The highest BCUT2D eigenvalue weighted by atomic mass is 16.6. The van der Waals surface area contributed by atoms with E-state index >= 15 is 0 Å². The van der Waals surface area contributed by atoms with E-state index in [0.29, 0.717) is 11.7 Å². The molecule has 15 heavy (non-hydrogen) atoms. The number of fused-ring (bicyclic) bond motifs is 1. The van der Waals surface area contributed by atoms with Crippen LogP contribution in [0.3, 0.4) is 0 Å². The number of hydrogen-bond donors (Lipinski definition) is 0. The Morgan fingerprint density at radius 2 is 1.80 bits per heavy atom. The van der Waals surface area contributed by atoms with Gasteiger partial charge in [0.2, 0.25) is 0 Å². The molecule has 0 amide bonds. The van der Waals surface area contributed by atoms with E-state index in [9.17, 15) is 4.79 Å². The standard InChI is InChI=1S/C13H20O2/c1-10-8-11(14)13(9-15-13)12(10)6-4-2-3-5-7-12/h10H,2-9H2,1H3/t10-,13-/m0/s1. The van der Waals surface area contributed by atoms with Crippen molar-refractivity contribution in [1.29, 1.82) is 0 Å². The molecule has 0 radical (unpaired) electrons. The molecule has 84 valence electrons. The van der Waals surface area contributed by atoms with Gasteiger partial charge in [0.25, 0.3) is 0 Å². The SMILES string of the molecule is C[C@H]1CC(=O)[C@@]2(CO2)C12CCCCCC2. The number of Topliss-reactive ketones (excluding diaryl/α,β-unsaturated/α-hetero) is 1. The van der Waals surface area contributed by atoms with E-state index in [4.69, 9.17) is 4.74 Å². The molecule has 2 atom stereocenters. The fourth-order valence-electron chi connectivity index (χ4n) is 4.09. The molecule has 3 rings (SSSR count). The molecular weight excluding hydrogens is 188 g/mol. The van der Waals surface area contributed by atoms with Gasteiger partial charge in [0, 0.05) is 11.8 Å². The van der Waals surface area contributed by atoms with Crippen LogP contribution in [0.4, 0.5) is 0 Å². The molecule has 2 spiro atoms. The molecule has 2 saturated carbocycles. The summed E-state index contributed by atoms with van der Waals surface area (Å²) >= 11 is 0. The fraction of sp³-hybridized carbons (Fsp3) is 0.923. The van der Waals surface area contributed by atoms with Crippen LogP contribution in [-0.4, -0.2) is 18.0 Å². The Bertz CT molecular complexity index is 283. The molecule has 2 aliphatic carbocycles. The van der Waals surface area contributed by atoms with Gasteiger partial charge in [-0.2, -0.15) is 0 Å². The Balaban J connectivity index is 1.96. The van der Waals surface area contributed by atoms with Gasteiger partial charge in [-0.05, 0) is 18.8 Å². The zero-order valence-electron chi connectivity index (χ0n) is 9.55. The van der Waals surface area contributed by atoms with Crippen LogP contribution in [0.1, 0.15) is 51.9 Å². The number of ether oxygens (including phenoxy) is 1. The van der Waals surface area contributed by atoms with Crippen molar-refractivity contribution in [2.75, 3.05) is 6.61 Å². The highest BCUT2D eigenvalue weighted by Gasteiger charge is 2.71. The summed E-state index contributed by atoms with van der Waals surface area (Å²) in [6.45, 7) is 2.98. The maximum atomic E-state index is 12.0. The van der Waals surface area contributed by atoms with E-state index in [1.165, 1.54) is 38.5 Å². The summed E-state index contributed by atoms with van der Waals surface area (Å²) in [5.74, 6) is 0.947. The average Bonchev–Trinajstić information content (AvgIpc) is 3.00. The lowest BCUT2D eigenvalue weighted by atomic mass is 9.67. The van der Waals surface area contributed by atoms with Gasteiger partial charge < -0.3 is 4.74 Å². The van der Waals surface area contributed by atoms with Gasteiger partial charge in [0.05, 0.1) is 6.61 Å². The van der Waals surface area contributed by atoms with Gasteiger partial charge in [-0.15, -0.1) is 0 Å². The van der Waals surface area contributed by atoms with Crippen molar-refractivity contribution < 1.29 is 9.53 Å². The van der Waals surface area contributed by atoms with Gasteiger partial charge in [-0.1, -0.05) is 32.6 Å². The van der Waals surface area contributed by atoms with Crippen LogP contribution in [0.5, 0.6) is 0 Å². The molecule has 0 unspecified atom stereocenters. The quantitative estimate of drug-likeness (QED) is 0.573. The van der Waals surface area contributed by atoms with Gasteiger partial charge in [-0.25, -0.2) is 0 Å². The van der Waals surface area contributed by atoms with Gasteiger partial charge in [-0.3, -0.25) is 4.79 Å². The van der Waals surface area contributed by atoms with E-state index in [1.54, 1.807) is 0 Å². The van der Waals surface area contributed by atoms with Crippen LogP contribution in [0.2, 0.25) is 0 Å². The molecule has 3 fully saturated rings. The topological polar surface area (TPSA) is 29.6 Å². The second-order valence-corrected chi connectivity index (χ2v) is 5.71. The van der Waals surface area contributed by atoms with Crippen LogP contribution in [0.15, 0.2) is 0 Å². The Kier molecular flexibility index (Phi) is 2.01. The van der Waals surface area contributed by atoms with Crippen LogP contribution >= 0.6 is 0 Å². The number of hydrogen-bond acceptors (Lipinski definition) is 2. The van der Waals surface area contributed by atoms with Crippen LogP contribution in [-0.2, 0) is 9.53 Å². The van der Waals surface area contributed by atoms with Crippen molar-refractivity contribution in [3.8, 4) is 0 Å². The van der Waals surface area contributed by atoms with E-state index in [1.807, 2.05) is 0 Å². The molecule has 1 saturated heterocycles. The Hall–Kier alpha value is -0.370. The predicted octanol–water partition coefficient (Wildman–Crippen LogP) is 2.70. The number of carbonyl (C=O) groups excluding carboxylic acids is 1. The molecule has 2 nitrogen and oxygen atoms in total. The van der Waals surface area contributed by atoms with Crippen LogP contribution < -0.4 is 0 Å². The highest BCUT2D eigenvalue weighted by Crippen LogP contribution is 2.62. The third-order valence-electron chi connectivity index (χ3n) is 5.12. The second-order valence-electron chi connectivity index (χ2n) is 5.71. The summed E-state index contributed by atoms with van der Waals surface area (Å²) in [6, 6.07) is 0. The molecule has 2 heteroatoms. The zero-order valence-corrected chi connectivity index (χ0v) is 9.55. The number of ketones is 1. The maximum absolute atomic E-state index is 12.0. The normalized spacial score (nSPS) is 43.5. The molecule has 0 bridgehead atoms. The van der Waals surface area contributed by atoms with Crippen molar-refractivity contribution in [2.24, 2.45) is 11.3 Å². The molecule has 0 aromatic carbocycles. The van der Waals surface area contributed by atoms with Crippen molar-refractivity contribution in [3.05, 3.63) is 0 Å². The lowest BCUT2D eigenvalue weighted by molar-refractivity contribution is -0.124. The third kappa shape index (κ3) is 1.12. The first kappa shape index (κ1) is 9.83. The minimum Gasteiger partial charge on any atom is -0.361 e. The van der Waals surface area contributed by atoms with Crippen molar-refractivity contribution in [3.63, 3.8) is 0 Å². The largest absolute Gasteiger partial charge is 0.361 e. The Labute approximate surface area is 91.4 Å². The number of rotatable bonds is 0. The van der Waals surface area contributed by atoms with E-state index in [2.05, 4.69) is 6.92 Å². The Morgan fingerprint density at radius 1 is 1.20 bits per heavy atom. The summed E-state index contributed by atoms with van der Waals surface area (Å²) in [5.41, 5.74) is -0.0860. The van der Waals surface area contributed by atoms with Gasteiger partial charge >= 0.3 is 0 Å². The van der Waals surface area contributed by atoms with Crippen molar-refractivity contribution in [2.45, 2.75) is 57.5 Å². The summed E-state index contributed by atoms with van der Waals surface area (Å²) in [5, 5.41) is 0. The lowest BCUT2D eigenvalue weighted by Gasteiger charge is -2.35. The minimum absolute atomic E-state index is 0.223. The lowest BCUT2D eigenvalue weighted by Crippen LogP contribution is -2.40. The first-order valence-corrected chi connectivity index (χ1v) is 6.39. The smallest absolute Gasteiger partial charge is 0.167 e. The highest BCUT2D eigenvalue weighted by molar-refractivity contribution is 5.93. The van der Waals surface area contributed by atoms with Crippen molar-refractivity contribution >= 4 is 5.78 Å². The first-order chi connectivity index (χ1) is 7.21. The molecule has 0 aromatic heterocycles. The zero-order chi connectivity index (χ0) is 10.5. The van der Waals surface area contributed by atoms with E-state index in [-0.39, 0.29) is 11.0 Å². The van der Waals surface area contributed by atoms with Crippen LogP contribution in [0.25, 0.3) is 0 Å². The average molecular weight is 208 g/mol. The minimum atomic E-state index is -0.309. The number of carbonyl (C=O) groups is 1. The molecule has 1 aliphatic heterocycles. The monoisotopic (exact) mass is 208 g/mol. The van der Waals surface area contributed by atoms with E-state index in [0.717, 1.165) is 13.0 Å². The maximum Gasteiger partial charge on any atom is 0.167 e. The van der Waals surface area contributed by atoms with Gasteiger partial charge in [0.15, 0.2) is 11.4 Å². The first-order valence-electron chi connectivity index (χ1n) is 6.39. The van der Waals surface area contributed by atoms with E-state index < -0.39 is 0 Å². The summed E-state index contributed by atoms with van der Waals surface area (Å²) < 4.78 is 5.64.